The van der Waals surface area contributed by atoms with Crippen LogP contribution in [0.4, 0.5) is 4.39 Å². The maximum Gasteiger partial charge on any atom is 0.279 e. The summed E-state index contributed by atoms with van der Waals surface area (Å²) in [5, 5.41) is 4.21. The molecule has 1 amide bonds. The fraction of sp³-hybridized carbons (Fsp3) is 0.417. The summed E-state index contributed by atoms with van der Waals surface area (Å²) < 4.78 is 20.0. The Morgan fingerprint density at radius 3 is 2.65 bits per heavy atom. The topological polar surface area (TPSA) is 54.5 Å². The molecule has 1 aromatic heterocycles. The van der Waals surface area contributed by atoms with Crippen molar-refractivity contribution in [1.82, 2.24) is 15.2 Å². The Bertz CT molecular complexity index is 1070. The molecule has 5 rings (SSSR count). The maximum absolute atomic E-state index is 13.3. The van der Waals surface area contributed by atoms with Gasteiger partial charge in [-0.05, 0) is 74.5 Å². The standard InChI is InChI=1S/C24H26FN3O2S/c1-15(29)28-19-5-6-20(28)14-18(13-19)26-11-10-16-2-7-21(8-3-16)30-24-27-22-9-4-17(25)12-23(22)31-24/h2-4,7-9,12,18-20,26H,5-6,10-11,13-14H2,1H3/t19-,20-/m1/s1. The number of amides is 1. The highest BCUT2D eigenvalue weighted by Crippen LogP contribution is 2.36. The minimum Gasteiger partial charge on any atom is -0.431 e. The molecule has 3 heterocycles. The number of piperidine rings is 1. The average molecular weight is 440 g/mol. The first-order valence-electron chi connectivity index (χ1n) is 10.9. The van der Waals surface area contributed by atoms with E-state index in [4.69, 9.17) is 4.74 Å². The first kappa shape index (κ1) is 20.4. The maximum atomic E-state index is 13.3. The Balaban J connectivity index is 1.12. The molecule has 2 bridgehead atoms. The highest BCUT2D eigenvalue weighted by atomic mass is 32.1. The van der Waals surface area contributed by atoms with E-state index in [2.05, 4.69) is 27.3 Å². The van der Waals surface area contributed by atoms with E-state index in [0.29, 0.717) is 23.3 Å². The van der Waals surface area contributed by atoms with Gasteiger partial charge in [0.1, 0.15) is 11.6 Å². The number of fused-ring (bicyclic) bond motifs is 3. The molecule has 1 N–H and O–H groups in total. The number of hydrogen-bond donors (Lipinski definition) is 1. The summed E-state index contributed by atoms with van der Waals surface area (Å²) in [5.74, 6) is 0.688. The van der Waals surface area contributed by atoms with Gasteiger partial charge >= 0.3 is 0 Å². The third-order valence-corrected chi connectivity index (χ3v) is 7.30. The molecule has 0 radical (unpaired) electrons. The van der Waals surface area contributed by atoms with Crippen LogP contribution < -0.4 is 10.1 Å². The molecule has 162 valence electrons. The molecule has 2 aliphatic heterocycles. The summed E-state index contributed by atoms with van der Waals surface area (Å²) in [6.07, 6.45) is 5.37. The second kappa shape index (κ2) is 8.55. The number of halogens is 1. The quantitative estimate of drug-likeness (QED) is 0.593. The van der Waals surface area contributed by atoms with Gasteiger partial charge < -0.3 is 15.0 Å². The molecule has 5 nitrogen and oxygen atoms in total. The van der Waals surface area contributed by atoms with E-state index >= 15 is 0 Å². The third kappa shape index (κ3) is 4.43. The Morgan fingerprint density at radius 1 is 1.19 bits per heavy atom. The van der Waals surface area contributed by atoms with Crippen LogP contribution in [-0.4, -0.2) is 40.5 Å². The van der Waals surface area contributed by atoms with Crippen molar-refractivity contribution in [2.45, 2.75) is 57.2 Å². The Kier molecular flexibility index (Phi) is 5.63. The van der Waals surface area contributed by atoms with Gasteiger partial charge in [-0.2, -0.15) is 0 Å². The lowest BCUT2D eigenvalue weighted by molar-refractivity contribution is -0.133. The molecule has 0 saturated carbocycles. The number of aromatic nitrogens is 1. The van der Waals surface area contributed by atoms with E-state index in [-0.39, 0.29) is 11.7 Å². The van der Waals surface area contributed by atoms with Crippen molar-refractivity contribution in [3.8, 4) is 10.9 Å². The molecular formula is C24H26FN3O2S. The molecule has 2 atom stereocenters. The number of ether oxygens (including phenoxy) is 1. The van der Waals surface area contributed by atoms with E-state index in [1.165, 1.54) is 29.0 Å². The monoisotopic (exact) mass is 439 g/mol. The normalized spacial score (nSPS) is 22.8. The average Bonchev–Trinajstić information content (AvgIpc) is 3.26. The van der Waals surface area contributed by atoms with Gasteiger partial charge in [0.2, 0.25) is 5.91 Å². The molecule has 2 fully saturated rings. The molecule has 7 heteroatoms. The van der Waals surface area contributed by atoms with Crippen LogP contribution in [0.15, 0.2) is 42.5 Å². The number of carbonyl (C=O) groups excluding carboxylic acids is 1. The van der Waals surface area contributed by atoms with E-state index < -0.39 is 0 Å². The Morgan fingerprint density at radius 2 is 1.94 bits per heavy atom. The van der Waals surface area contributed by atoms with Gasteiger partial charge in [-0.15, -0.1) is 0 Å². The molecule has 31 heavy (non-hydrogen) atoms. The number of rotatable bonds is 6. The predicted molar refractivity (Wildman–Crippen MR) is 120 cm³/mol. The van der Waals surface area contributed by atoms with Crippen molar-refractivity contribution in [3.63, 3.8) is 0 Å². The minimum atomic E-state index is -0.266. The molecule has 0 unspecified atom stereocenters. The van der Waals surface area contributed by atoms with Crippen LogP contribution in [0, 0.1) is 5.82 Å². The number of nitrogens with zero attached hydrogens (tertiary/aromatic N) is 2. The lowest BCUT2D eigenvalue weighted by Crippen LogP contribution is -2.51. The first-order valence-corrected chi connectivity index (χ1v) is 11.7. The Hall–Kier alpha value is -2.51. The van der Waals surface area contributed by atoms with Gasteiger partial charge in [0.05, 0.1) is 10.2 Å². The van der Waals surface area contributed by atoms with Crippen molar-refractivity contribution in [3.05, 3.63) is 53.8 Å². The van der Waals surface area contributed by atoms with Gasteiger partial charge in [-0.3, -0.25) is 4.79 Å². The zero-order chi connectivity index (χ0) is 21.4. The highest BCUT2D eigenvalue weighted by molar-refractivity contribution is 7.20. The van der Waals surface area contributed by atoms with Gasteiger partial charge in [-0.25, -0.2) is 9.37 Å². The van der Waals surface area contributed by atoms with Gasteiger partial charge in [0.25, 0.3) is 5.19 Å². The second-order valence-electron chi connectivity index (χ2n) is 8.52. The van der Waals surface area contributed by atoms with Gasteiger partial charge in [-0.1, -0.05) is 23.5 Å². The highest BCUT2D eigenvalue weighted by Gasteiger charge is 2.41. The minimum absolute atomic E-state index is 0.228. The summed E-state index contributed by atoms with van der Waals surface area (Å²) in [7, 11) is 0. The van der Waals surface area contributed by atoms with E-state index in [1.807, 2.05) is 12.1 Å². The zero-order valence-corrected chi connectivity index (χ0v) is 18.3. The van der Waals surface area contributed by atoms with Crippen LogP contribution in [0.3, 0.4) is 0 Å². The van der Waals surface area contributed by atoms with Crippen molar-refractivity contribution in [2.75, 3.05) is 6.54 Å². The fourth-order valence-corrected chi connectivity index (χ4v) is 5.88. The lowest BCUT2D eigenvalue weighted by atomic mass is 9.97. The predicted octanol–water partition coefficient (Wildman–Crippen LogP) is 4.90. The smallest absolute Gasteiger partial charge is 0.279 e. The SMILES string of the molecule is CC(=O)N1[C@@H]2CC[C@@H]1CC(NCCc1ccc(Oc3nc4ccc(F)cc4s3)cc1)C2. The van der Waals surface area contributed by atoms with Crippen LogP contribution in [0.5, 0.6) is 10.9 Å². The number of hydrogen-bond acceptors (Lipinski definition) is 5. The molecule has 3 aromatic rings. The summed E-state index contributed by atoms with van der Waals surface area (Å²) >= 11 is 1.34. The number of nitrogens with one attached hydrogen (secondary N) is 1. The lowest BCUT2D eigenvalue weighted by Gasteiger charge is -2.38. The fourth-order valence-electron chi connectivity index (χ4n) is 5.02. The van der Waals surface area contributed by atoms with Crippen LogP contribution in [0.2, 0.25) is 0 Å². The molecule has 0 aliphatic carbocycles. The van der Waals surface area contributed by atoms with Gasteiger partial charge in [0, 0.05) is 25.0 Å². The van der Waals surface area contributed by atoms with Crippen LogP contribution in [0.1, 0.15) is 38.2 Å². The van der Waals surface area contributed by atoms with Crippen LogP contribution >= 0.6 is 11.3 Å². The van der Waals surface area contributed by atoms with Crippen LogP contribution in [-0.2, 0) is 11.2 Å². The zero-order valence-electron chi connectivity index (χ0n) is 17.5. The molecule has 2 aliphatic rings. The van der Waals surface area contributed by atoms with E-state index in [1.54, 1.807) is 13.0 Å². The number of benzene rings is 2. The van der Waals surface area contributed by atoms with Gasteiger partial charge in [0.15, 0.2) is 0 Å². The molecule has 2 aromatic carbocycles. The molecule has 0 spiro atoms. The van der Waals surface area contributed by atoms with Crippen molar-refractivity contribution < 1.29 is 13.9 Å². The van der Waals surface area contributed by atoms with Crippen molar-refractivity contribution >= 4 is 27.5 Å². The molecule has 2 saturated heterocycles. The summed E-state index contributed by atoms with van der Waals surface area (Å²) in [4.78, 5) is 18.4. The van der Waals surface area contributed by atoms with Crippen molar-refractivity contribution in [2.24, 2.45) is 0 Å². The summed E-state index contributed by atoms with van der Waals surface area (Å²) in [6, 6.07) is 13.9. The molecular weight excluding hydrogens is 413 g/mol. The summed E-state index contributed by atoms with van der Waals surface area (Å²) in [5.41, 5.74) is 1.99. The Labute approximate surface area is 185 Å². The summed E-state index contributed by atoms with van der Waals surface area (Å²) in [6.45, 7) is 2.62. The third-order valence-electron chi connectivity index (χ3n) is 6.40. The first-order chi connectivity index (χ1) is 15.0. The number of thiazole rings is 1. The second-order valence-corrected chi connectivity index (χ2v) is 9.51. The van der Waals surface area contributed by atoms with Crippen molar-refractivity contribution in [1.29, 1.82) is 0 Å². The van der Waals surface area contributed by atoms with Crippen LogP contribution in [0.25, 0.3) is 10.2 Å². The largest absolute Gasteiger partial charge is 0.431 e. The number of carbonyl (C=O) groups is 1. The van der Waals surface area contributed by atoms with E-state index in [9.17, 15) is 9.18 Å². The van der Waals surface area contributed by atoms with E-state index in [0.717, 1.165) is 54.6 Å².